The van der Waals surface area contributed by atoms with Crippen molar-refractivity contribution >= 4 is 11.3 Å². The van der Waals surface area contributed by atoms with E-state index in [-0.39, 0.29) is 0 Å². The third-order valence-corrected chi connectivity index (χ3v) is 4.38. The lowest BCUT2D eigenvalue weighted by atomic mass is 9.90. The zero-order valence-electron chi connectivity index (χ0n) is 9.89. The van der Waals surface area contributed by atoms with Crippen LogP contribution in [-0.2, 0) is 0 Å². The average molecular weight is 259 g/mol. The summed E-state index contributed by atoms with van der Waals surface area (Å²) >= 11 is 1.67. The van der Waals surface area contributed by atoms with Gasteiger partial charge in [0.1, 0.15) is 17.5 Å². The average Bonchev–Trinajstić information content (AvgIpc) is 3.08. The number of rotatable bonds is 2. The first-order chi connectivity index (χ1) is 8.88. The van der Waals surface area contributed by atoms with Crippen molar-refractivity contribution in [2.24, 2.45) is 0 Å². The van der Waals surface area contributed by atoms with Crippen LogP contribution in [0, 0.1) is 11.3 Å². The number of aromatic amines is 1. The fourth-order valence-electron chi connectivity index (χ4n) is 2.42. The first kappa shape index (κ1) is 11.4. The van der Waals surface area contributed by atoms with E-state index < -0.39 is 0 Å². The zero-order chi connectivity index (χ0) is 12.4. The summed E-state index contributed by atoms with van der Waals surface area (Å²) in [4.78, 5) is 4.63. The Kier molecular flexibility index (Phi) is 3.07. The van der Waals surface area contributed by atoms with Gasteiger partial charge in [0, 0.05) is 11.3 Å². The van der Waals surface area contributed by atoms with Crippen molar-refractivity contribution in [1.29, 1.82) is 5.26 Å². The Balaban J connectivity index is 1.87. The van der Waals surface area contributed by atoms with Crippen LogP contribution >= 0.6 is 11.3 Å². The second kappa shape index (κ2) is 4.86. The van der Waals surface area contributed by atoms with Gasteiger partial charge in [-0.15, -0.1) is 16.4 Å². The molecule has 0 spiro atoms. The molecule has 0 saturated heterocycles. The van der Waals surface area contributed by atoms with Crippen LogP contribution < -0.4 is 0 Å². The molecule has 2 heterocycles. The Morgan fingerprint density at radius 3 is 2.89 bits per heavy atom. The summed E-state index contributed by atoms with van der Waals surface area (Å²) in [6, 6.07) is 2.02. The maximum atomic E-state index is 8.93. The van der Waals surface area contributed by atoms with Gasteiger partial charge in [-0.3, -0.25) is 0 Å². The van der Waals surface area contributed by atoms with E-state index in [1.165, 1.54) is 37.1 Å². The highest BCUT2D eigenvalue weighted by molar-refractivity contribution is 7.10. The molecule has 1 aliphatic rings. The summed E-state index contributed by atoms with van der Waals surface area (Å²) < 4.78 is 0. The lowest BCUT2D eigenvalue weighted by Crippen LogP contribution is -2.03. The predicted molar refractivity (Wildman–Crippen MR) is 68.0 cm³/mol. The maximum Gasteiger partial charge on any atom is 0.192 e. The highest BCUT2D eigenvalue weighted by Crippen LogP contribution is 2.35. The molecule has 6 heteroatoms. The summed E-state index contributed by atoms with van der Waals surface area (Å²) in [5.74, 6) is 0.593. The van der Waals surface area contributed by atoms with Crippen molar-refractivity contribution in [2.45, 2.75) is 38.0 Å². The lowest BCUT2D eigenvalue weighted by molar-refractivity contribution is 0.442. The van der Waals surface area contributed by atoms with E-state index in [0.717, 1.165) is 5.69 Å². The molecule has 0 unspecified atom stereocenters. The van der Waals surface area contributed by atoms with E-state index in [2.05, 4.69) is 20.4 Å². The second-order valence-corrected chi connectivity index (χ2v) is 5.43. The molecule has 3 rings (SSSR count). The number of nitriles is 1. The molecule has 0 atom stereocenters. The molecule has 0 aliphatic heterocycles. The van der Waals surface area contributed by atoms with E-state index in [1.807, 2.05) is 11.4 Å². The van der Waals surface area contributed by atoms with Crippen molar-refractivity contribution in [3.05, 3.63) is 16.1 Å². The zero-order valence-corrected chi connectivity index (χ0v) is 10.7. The van der Waals surface area contributed by atoms with Crippen LogP contribution in [0.2, 0.25) is 0 Å². The van der Waals surface area contributed by atoms with Gasteiger partial charge >= 0.3 is 0 Å². The quantitative estimate of drug-likeness (QED) is 0.899. The normalized spacial score (nSPS) is 16.6. The Morgan fingerprint density at radius 1 is 1.28 bits per heavy atom. The van der Waals surface area contributed by atoms with E-state index in [4.69, 9.17) is 5.26 Å². The number of H-pyrrole nitrogens is 1. The smallest absolute Gasteiger partial charge is 0.192 e. The van der Waals surface area contributed by atoms with Crippen LogP contribution in [0.25, 0.3) is 11.4 Å². The van der Waals surface area contributed by atoms with Gasteiger partial charge < -0.3 is 0 Å². The fraction of sp³-hybridized carbons (Fsp3) is 0.500. The third-order valence-electron chi connectivity index (χ3n) is 3.37. The summed E-state index contributed by atoms with van der Waals surface area (Å²) in [5, 5.41) is 22.4. The number of nitrogens with zero attached hydrogens (tertiary/aromatic N) is 4. The van der Waals surface area contributed by atoms with Crippen molar-refractivity contribution in [2.75, 3.05) is 0 Å². The molecule has 0 amide bonds. The number of aromatic nitrogens is 4. The van der Waals surface area contributed by atoms with Crippen LogP contribution in [0.15, 0.2) is 5.38 Å². The molecule has 1 N–H and O–H groups in total. The minimum atomic E-state index is 0.315. The minimum Gasteiger partial charge on any atom is -0.239 e. The van der Waals surface area contributed by atoms with Crippen LogP contribution in [-0.4, -0.2) is 20.4 Å². The van der Waals surface area contributed by atoms with E-state index in [1.54, 1.807) is 11.3 Å². The Morgan fingerprint density at radius 2 is 2.11 bits per heavy atom. The van der Waals surface area contributed by atoms with Crippen molar-refractivity contribution in [1.82, 2.24) is 20.4 Å². The van der Waals surface area contributed by atoms with Gasteiger partial charge in [0.15, 0.2) is 5.69 Å². The van der Waals surface area contributed by atoms with Crippen molar-refractivity contribution in [3.63, 3.8) is 0 Å². The monoisotopic (exact) mass is 259 g/mol. The minimum absolute atomic E-state index is 0.315. The fourth-order valence-corrected chi connectivity index (χ4v) is 3.40. The third kappa shape index (κ3) is 2.02. The summed E-state index contributed by atoms with van der Waals surface area (Å²) in [6.07, 6.45) is 6.41. The van der Waals surface area contributed by atoms with Gasteiger partial charge in [0.05, 0.1) is 5.01 Å². The Hall–Kier alpha value is -1.74. The summed E-state index contributed by atoms with van der Waals surface area (Å²) in [5.41, 5.74) is 1.65. The van der Waals surface area contributed by atoms with Crippen molar-refractivity contribution < 1.29 is 0 Å². The molecule has 92 valence electrons. The molecule has 0 aromatic carbocycles. The SMILES string of the molecule is N#Cc1n[nH]nc1-c1csc(C2CCCCC2)n1. The molecule has 18 heavy (non-hydrogen) atoms. The topological polar surface area (TPSA) is 78.2 Å². The van der Waals surface area contributed by atoms with E-state index >= 15 is 0 Å². The van der Waals surface area contributed by atoms with Crippen LogP contribution in [0.1, 0.15) is 48.7 Å². The lowest BCUT2D eigenvalue weighted by Gasteiger charge is -2.18. The standard InChI is InChI=1S/C12H13N5S/c13-6-9-11(16-17-15-9)10-7-18-12(14-10)8-4-2-1-3-5-8/h7-8H,1-5H2,(H,15,16,17). The molecule has 5 nitrogen and oxygen atoms in total. The van der Waals surface area contributed by atoms with E-state index in [0.29, 0.717) is 17.3 Å². The summed E-state index contributed by atoms with van der Waals surface area (Å²) in [7, 11) is 0. The maximum absolute atomic E-state index is 8.93. The number of thiazole rings is 1. The highest BCUT2D eigenvalue weighted by Gasteiger charge is 2.20. The molecule has 0 radical (unpaired) electrons. The molecule has 0 bridgehead atoms. The molecule has 1 saturated carbocycles. The number of nitrogens with one attached hydrogen (secondary N) is 1. The van der Waals surface area contributed by atoms with Crippen LogP contribution in [0.5, 0.6) is 0 Å². The first-order valence-corrected chi connectivity index (χ1v) is 7.03. The van der Waals surface area contributed by atoms with Crippen molar-refractivity contribution in [3.8, 4) is 17.5 Å². The largest absolute Gasteiger partial charge is 0.239 e. The molecule has 1 aliphatic carbocycles. The van der Waals surface area contributed by atoms with Gasteiger partial charge in [0.2, 0.25) is 0 Å². The van der Waals surface area contributed by atoms with Crippen LogP contribution in [0.3, 0.4) is 0 Å². The highest BCUT2D eigenvalue weighted by atomic mass is 32.1. The predicted octanol–water partition coefficient (Wildman–Crippen LogP) is 2.85. The first-order valence-electron chi connectivity index (χ1n) is 6.15. The van der Waals surface area contributed by atoms with Gasteiger partial charge in [-0.25, -0.2) is 4.98 Å². The molecule has 2 aromatic rings. The second-order valence-electron chi connectivity index (χ2n) is 4.54. The molecular formula is C12H13N5S. The molecular weight excluding hydrogens is 246 g/mol. The van der Waals surface area contributed by atoms with Gasteiger partial charge in [-0.2, -0.15) is 15.6 Å². The Bertz CT molecular complexity index is 573. The molecule has 2 aromatic heterocycles. The number of hydrogen-bond donors (Lipinski definition) is 1. The summed E-state index contributed by atoms with van der Waals surface area (Å²) in [6.45, 7) is 0. The van der Waals surface area contributed by atoms with Gasteiger partial charge in [-0.05, 0) is 12.8 Å². The van der Waals surface area contributed by atoms with Crippen LogP contribution in [0.4, 0.5) is 0 Å². The van der Waals surface area contributed by atoms with Gasteiger partial charge in [0.25, 0.3) is 0 Å². The number of hydrogen-bond acceptors (Lipinski definition) is 5. The molecule has 1 fully saturated rings. The van der Waals surface area contributed by atoms with E-state index in [9.17, 15) is 0 Å². The van der Waals surface area contributed by atoms with Gasteiger partial charge in [-0.1, -0.05) is 19.3 Å². The Labute approximate surface area is 109 Å².